The number of nitrogens with one attached hydrogen (secondary N) is 1. The Kier molecular flexibility index (Phi) is 3.35. The van der Waals surface area contributed by atoms with Crippen LogP contribution in [0, 0.1) is 13.8 Å². The van der Waals surface area contributed by atoms with Gasteiger partial charge >= 0.3 is 0 Å². The van der Waals surface area contributed by atoms with Gasteiger partial charge in [0.15, 0.2) is 5.13 Å². The maximum absolute atomic E-state index is 12.3. The molecule has 0 radical (unpaired) electrons. The number of fused-ring (bicyclic) bond motifs is 1. The summed E-state index contributed by atoms with van der Waals surface area (Å²) in [6.07, 6.45) is 0. The molecule has 0 aliphatic rings. The van der Waals surface area contributed by atoms with E-state index in [1.807, 2.05) is 38.1 Å². The fourth-order valence-corrected chi connectivity index (χ4v) is 3.19. The Morgan fingerprint density at radius 1 is 1.24 bits per heavy atom. The van der Waals surface area contributed by atoms with Crippen LogP contribution in [0.4, 0.5) is 10.8 Å². The summed E-state index contributed by atoms with van der Waals surface area (Å²) in [5.74, 6) is -0.112. The van der Waals surface area contributed by atoms with Crippen LogP contribution in [-0.2, 0) is 0 Å². The van der Waals surface area contributed by atoms with Crippen LogP contribution in [0.5, 0.6) is 0 Å². The summed E-state index contributed by atoms with van der Waals surface area (Å²) in [5.41, 5.74) is 10.1. The molecule has 0 unspecified atom stereocenters. The number of hydrogen-bond acceptors (Lipinski definition) is 4. The highest BCUT2D eigenvalue weighted by Gasteiger charge is 2.14. The number of anilines is 2. The molecule has 1 heterocycles. The first-order valence-corrected chi connectivity index (χ1v) is 7.40. The van der Waals surface area contributed by atoms with Gasteiger partial charge in [0, 0.05) is 11.3 Å². The number of amides is 1. The summed E-state index contributed by atoms with van der Waals surface area (Å²) < 4.78 is 1.02. The van der Waals surface area contributed by atoms with Gasteiger partial charge in [-0.2, -0.15) is 0 Å². The van der Waals surface area contributed by atoms with Gasteiger partial charge in [-0.3, -0.25) is 4.79 Å². The molecule has 3 aromatic rings. The van der Waals surface area contributed by atoms with Crippen molar-refractivity contribution < 1.29 is 4.79 Å². The number of hydrogen-bond donors (Lipinski definition) is 2. The fourth-order valence-electron chi connectivity index (χ4n) is 2.37. The maximum Gasteiger partial charge on any atom is 0.255 e. The molecule has 0 aliphatic carbocycles. The molecule has 2 aromatic carbocycles. The standard InChI is InChI=1S/C16H15N3OS/c1-9-8-12-14(21-16(17)18-12)10(2)13(9)19-15(20)11-6-4-3-5-7-11/h3-8H,1-2H3,(H2,17,18)(H,19,20). The van der Waals surface area contributed by atoms with Gasteiger partial charge in [0.25, 0.3) is 5.91 Å². The van der Waals surface area contributed by atoms with Crippen molar-refractivity contribution in [3.8, 4) is 0 Å². The second-order valence-corrected chi connectivity index (χ2v) is 5.94. The monoisotopic (exact) mass is 297 g/mol. The van der Waals surface area contributed by atoms with Crippen LogP contribution >= 0.6 is 11.3 Å². The lowest BCUT2D eigenvalue weighted by Crippen LogP contribution is -2.13. The lowest BCUT2D eigenvalue weighted by atomic mass is 10.1. The number of aryl methyl sites for hydroxylation is 2. The molecule has 0 saturated carbocycles. The second-order valence-electron chi connectivity index (χ2n) is 4.91. The van der Waals surface area contributed by atoms with Gasteiger partial charge in [0.2, 0.25) is 0 Å². The maximum atomic E-state index is 12.3. The molecule has 21 heavy (non-hydrogen) atoms. The van der Waals surface area contributed by atoms with Crippen molar-refractivity contribution >= 4 is 38.3 Å². The molecule has 1 aromatic heterocycles. The number of rotatable bonds is 2. The summed E-state index contributed by atoms with van der Waals surface area (Å²) in [7, 11) is 0. The van der Waals surface area contributed by atoms with Crippen molar-refractivity contribution in [2.75, 3.05) is 11.1 Å². The molecule has 4 nitrogen and oxygen atoms in total. The predicted molar refractivity (Wildman–Crippen MR) is 87.9 cm³/mol. The van der Waals surface area contributed by atoms with Gasteiger partial charge in [-0.15, -0.1) is 0 Å². The van der Waals surface area contributed by atoms with E-state index in [1.54, 1.807) is 12.1 Å². The zero-order chi connectivity index (χ0) is 15.0. The molecule has 0 fully saturated rings. The first kappa shape index (κ1) is 13.6. The van der Waals surface area contributed by atoms with E-state index in [-0.39, 0.29) is 5.91 Å². The Morgan fingerprint density at radius 2 is 1.95 bits per heavy atom. The van der Waals surface area contributed by atoms with Crippen LogP contribution in [0.2, 0.25) is 0 Å². The average Bonchev–Trinajstić information content (AvgIpc) is 2.85. The third-order valence-electron chi connectivity index (χ3n) is 3.41. The normalized spacial score (nSPS) is 10.8. The average molecular weight is 297 g/mol. The van der Waals surface area contributed by atoms with Crippen LogP contribution in [0.25, 0.3) is 10.2 Å². The van der Waals surface area contributed by atoms with Gasteiger partial charge < -0.3 is 11.1 Å². The predicted octanol–water partition coefficient (Wildman–Crippen LogP) is 3.75. The highest BCUT2D eigenvalue weighted by Crippen LogP contribution is 2.34. The zero-order valence-electron chi connectivity index (χ0n) is 11.8. The molecule has 5 heteroatoms. The van der Waals surface area contributed by atoms with Crippen LogP contribution in [0.1, 0.15) is 21.5 Å². The number of nitrogens with two attached hydrogens (primary N) is 1. The highest BCUT2D eigenvalue weighted by atomic mass is 32.1. The van der Waals surface area contributed by atoms with E-state index in [0.29, 0.717) is 10.7 Å². The van der Waals surface area contributed by atoms with Crippen molar-refractivity contribution in [3.63, 3.8) is 0 Å². The largest absolute Gasteiger partial charge is 0.375 e. The zero-order valence-corrected chi connectivity index (χ0v) is 12.6. The molecule has 0 bridgehead atoms. The minimum atomic E-state index is -0.112. The van der Waals surface area contributed by atoms with Crippen LogP contribution < -0.4 is 11.1 Å². The lowest BCUT2D eigenvalue weighted by Gasteiger charge is -2.12. The lowest BCUT2D eigenvalue weighted by molar-refractivity contribution is 0.102. The highest BCUT2D eigenvalue weighted by molar-refractivity contribution is 7.22. The van der Waals surface area contributed by atoms with E-state index in [0.717, 1.165) is 27.0 Å². The molecular formula is C16H15N3OS. The van der Waals surface area contributed by atoms with Crippen molar-refractivity contribution in [1.82, 2.24) is 4.98 Å². The van der Waals surface area contributed by atoms with Crippen molar-refractivity contribution in [3.05, 3.63) is 53.1 Å². The first-order valence-electron chi connectivity index (χ1n) is 6.59. The van der Waals surface area contributed by atoms with Gasteiger partial charge in [0.05, 0.1) is 10.2 Å². The molecule has 3 rings (SSSR count). The first-order chi connectivity index (χ1) is 10.1. The number of carbonyl (C=O) groups excluding carboxylic acids is 1. The third-order valence-corrected chi connectivity index (χ3v) is 4.43. The van der Waals surface area contributed by atoms with E-state index in [9.17, 15) is 4.79 Å². The Balaban J connectivity index is 2.02. The number of nitrogens with zero attached hydrogens (tertiary/aromatic N) is 1. The summed E-state index contributed by atoms with van der Waals surface area (Å²) >= 11 is 1.44. The van der Waals surface area contributed by atoms with E-state index >= 15 is 0 Å². The summed E-state index contributed by atoms with van der Waals surface area (Å²) in [5, 5.41) is 3.54. The Morgan fingerprint density at radius 3 is 2.67 bits per heavy atom. The Labute approximate surface area is 126 Å². The minimum Gasteiger partial charge on any atom is -0.375 e. The molecule has 0 spiro atoms. The molecule has 1 amide bonds. The van der Waals surface area contributed by atoms with Gasteiger partial charge in [0.1, 0.15) is 0 Å². The SMILES string of the molecule is Cc1cc2nc(N)sc2c(C)c1NC(=O)c1ccccc1. The molecule has 3 N–H and O–H groups in total. The minimum absolute atomic E-state index is 0.112. The van der Waals surface area contributed by atoms with E-state index in [4.69, 9.17) is 5.73 Å². The molecule has 0 aliphatic heterocycles. The van der Waals surface area contributed by atoms with Crippen molar-refractivity contribution in [2.45, 2.75) is 13.8 Å². The Hall–Kier alpha value is -2.40. The second kappa shape index (κ2) is 5.18. The Bertz CT molecular complexity index is 824. The van der Waals surface area contributed by atoms with Gasteiger partial charge in [-0.05, 0) is 43.2 Å². The van der Waals surface area contributed by atoms with Crippen LogP contribution in [0.3, 0.4) is 0 Å². The number of nitrogen functional groups attached to an aromatic ring is 1. The summed E-state index contributed by atoms with van der Waals surface area (Å²) in [6.45, 7) is 3.94. The van der Waals surface area contributed by atoms with E-state index < -0.39 is 0 Å². The van der Waals surface area contributed by atoms with Crippen LogP contribution in [0.15, 0.2) is 36.4 Å². The molecule has 0 atom stereocenters. The van der Waals surface area contributed by atoms with Crippen LogP contribution in [-0.4, -0.2) is 10.9 Å². The van der Waals surface area contributed by atoms with Gasteiger partial charge in [-0.1, -0.05) is 29.5 Å². The molecule has 0 saturated heterocycles. The summed E-state index contributed by atoms with van der Waals surface area (Å²) in [4.78, 5) is 16.6. The van der Waals surface area contributed by atoms with E-state index in [1.165, 1.54) is 11.3 Å². The summed E-state index contributed by atoms with van der Waals surface area (Å²) in [6, 6.07) is 11.1. The van der Waals surface area contributed by atoms with Gasteiger partial charge in [-0.25, -0.2) is 4.98 Å². The third kappa shape index (κ3) is 2.48. The topological polar surface area (TPSA) is 68.0 Å². The quantitative estimate of drug-likeness (QED) is 0.757. The number of aromatic nitrogens is 1. The molecule has 106 valence electrons. The molecular weight excluding hydrogens is 282 g/mol. The van der Waals surface area contributed by atoms with E-state index in [2.05, 4.69) is 10.3 Å². The van der Waals surface area contributed by atoms with Crippen molar-refractivity contribution in [2.24, 2.45) is 0 Å². The smallest absolute Gasteiger partial charge is 0.255 e. The number of thiazole rings is 1. The fraction of sp³-hybridized carbons (Fsp3) is 0.125. The van der Waals surface area contributed by atoms with Crippen molar-refractivity contribution in [1.29, 1.82) is 0 Å². The number of benzene rings is 2. The number of carbonyl (C=O) groups is 1.